The zero-order chi connectivity index (χ0) is 19.6. The Morgan fingerprint density at radius 1 is 0.885 bits per heavy atom. The molecule has 1 N–H and O–H groups in total. The molecular formula is C20H32N2O3Si. The number of fused-ring (bicyclic) bond motifs is 1. The van der Waals surface area contributed by atoms with E-state index in [-0.39, 0.29) is 17.9 Å². The molecule has 0 aliphatic carbocycles. The average molecular weight is 377 g/mol. The maximum Gasteiger partial charge on any atom is 0.276 e. The van der Waals surface area contributed by atoms with Gasteiger partial charge in [0.1, 0.15) is 0 Å². The first-order valence-corrected chi connectivity index (χ1v) is 11.7. The molecule has 0 saturated heterocycles. The molecule has 2 rings (SSSR count). The lowest BCUT2D eigenvalue weighted by Crippen LogP contribution is -2.53. The summed E-state index contributed by atoms with van der Waals surface area (Å²) in [6, 6.07) is 6.91. The average Bonchev–Trinajstić information content (AvgIpc) is 2.81. The van der Waals surface area contributed by atoms with Gasteiger partial charge in [-0.3, -0.25) is 9.59 Å². The van der Waals surface area contributed by atoms with E-state index in [1.807, 2.05) is 6.92 Å². The van der Waals surface area contributed by atoms with Gasteiger partial charge in [-0.05, 0) is 35.7 Å². The molecule has 0 unspecified atom stereocenters. The van der Waals surface area contributed by atoms with E-state index in [2.05, 4.69) is 47.0 Å². The van der Waals surface area contributed by atoms with Gasteiger partial charge < -0.3 is 4.43 Å². The van der Waals surface area contributed by atoms with Crippen molar-refractivity contribution in [1.82, 2.24) is 10.4 Å². The predicted octanol–water partition coefficient (Wildman–Crippen LogP) is 4.37. The third-order valence-electron chi connectivity index (χ3n) is 5.44. The van der Waals surface area contributed by atoms with Crippen molar-refractivity contribution in [1.29, 1.82) is 0 Å². The molecule has 1 aliphatic heterocycles. The Morgan fingerprint density at radius 3 is 1.69 bits per heavy atom. The lowest BCUT2D eigenvalue weighted by Gasteiger charge is -2.44. The molecule has 5 nitrogen and oxygen atoms in total. The minimum atomic E-state index is -1.99. The zero-order valence-electron chi connectivity index (χ0n) is 17.0. The van der Waals surface area contributed by atoms with Crippen molar-refractivity contribution in [3.63, 3.8) is 0 Å². The fourth-order valence-corrected chi connectivity index (χ4v) is 9.95. The topological polar surface area (TPSA) is 58.6 Å². The smallest absolute Gasteiger partial charge is 0.276 e. The monoisotopic (exact) mass is 376 g/mol. The van der Waals surface area contributed by atoms with Gasteiger partial charge in [-0.2, -0.15) is 0 Å². The molecule has 1 aromatic carbocycles. The standard InChI is InChI=1S/C20H32N2O3Si/c1-13(2)26(14(3)4,15(5)6)25-16(7)12-21-22-19(23)17-10-8-9-11-18(17)20(22)24/h8-11,13-16,21H,12H2,1-7H3/t16-/m1/s1. The van der Waals surface area contributed by atoms with E-state index in [0.29, 0.717) is 34.3 Å². The summed E-state index contributed by atoms with van der Waals surface area (Å²) in [5.74, 6) is -0.587. The third kappa shape index (κ3) is 3.63. The SMILES string of the molecule is CC(C)[Si](O[C@H](C)CNN1C(=O)c2ccccc2C1=O)(C(C)C)C(C)C. The number of carbonyl (C=O) groups excluding carboxylic acids is 2. The van der Waals surface area contributed by atoms with Gasteiger partial charge in [-0.25, -0.2) is 10.4 Å². The van der Waals surface area contributed by atoms with E-state index in [9.17, 15) is 9.59 Å². The molecule has 1 aliphatic rings. The Balaban J connectivity index is 2.06. The quantitative estimate of drug-likeness (QED) is 0.541. The summed E-state index contributed by atoms with van der Waals surface area (Å²) in [5, 5.41) is 1.12. The number of carbonyl (C=O) groups is 2. The molecule has 1 heterocycles. The van der Waals surface area contributed by atoms with Gasteiger partial charge in [0.15, 0.2) is 0 Å². The van der Waals surface area contributed by atoms with E-state index in [4.69, 9.17) is 4.43 Å². The van der Waals surface area contributed by atoms with E-state index in [1.165, 1.54) is 0 Å². The van der Waals surface area contributed by atoms with Crippen LogP contribution in [0.2, 0.25) is 16.6 Å². The number of rotatable bonds is 8. The van der Waals surface area contributed by atoms with Gasteiger partial charge in [-0.1, -0.05) is 53.7 Å². The number of amides is 2. The fraction of sp³-hybridized carbons (Fsp3) is 0.600. The van der Waals surface area contributed by atoms with Crippen LogP contribution < -0.4 is 5.43 Å². The van der Waals surface area contributed by atoms with Crippen molar-refractivity contribution < 1.29 is 14.0 Å². The number of hydrogen-bond donors (Lipinski definition) is 1. The Kier molecular flexibility index (Phi) is 6.42. The van der Waals surface area contributed by atoms with Crippen molar-refractivity contribution in [2.75, 3.05) is 6.54 Å². The van der Waals surface area contributed by atoms with Crippen LogP contribution in [0.25, 0.3) is 0 Å². The molecule has 0 bridgehead atoms. The van der Waals surface area contributed by atoms with Gasteiger partial charge in [0.2, 0.25) is 8.32 Å². The lowest BCUT2D eigenvalue weighted by molar-refractivity contribution is 0.0532. The van der Waals surface area contributed by atoms with Crippen molar-refractivity contribution in [3.05, 3.63) is 35.4 Å². The van der Waals surface area contributed by atoms with Crippen LogP contribution >= 0.6 is 0 Å². The second kappa shape index (κ2) is 8.02. The summed E-state index contributed by atoms with van der Waals surface area (Å²) in [6.45, 7) is 15.9. The van der Waals surface area contributed by atoms with Crippen molar-refractivity contribution in [2.45, 2.75) is 71.2 Å². The summed E-state index contributed by atoms with van der Waals surface area (Å²) in [4.78, 5) is 24.9. The van der Waals surface area contributed by atoms with Gasteiger partial charge in [0.25, 0.3) is 11.8 Å². The Labute approximate surface area is 158 Å². The van der Waals surface area contributed by atoms with Gasteiger partial charge in [0, 0.05) is 6.54 Å². The normalized spacial score (nSPS) is 16.2. The molecule has 1 atom stereocenters. The Bertz CT molecular complexity index is 616. The van der Waals surface area contributed by atoms with Gasteiger partial charge in [-0.15, -0.1) is 0 Å². The number of nitrogens with zero attached hydrogens (tertiary/aromatic N) is 1. The highest BCUT2D eigenvalue weighted by Crippen LogP contribution is 2.42. The van der Waals surface area contributed by atoms with Crippen LogP contribution in [0.1, 0.15) is 69.2 Å². The molecule has 1 aromatic rings. The van der Waals surface area contributed by atoms with Crippen LogP contribution in [-0.2, 0) is 4.43 Å². The van der Waals surface area contributed by atoms with Crippen molar-refractivity contribution in [3.8, 4) is 0 Å². The molecule has 26 heavy (non-hydrogen) atoms. The van der Waals surface area contributed by atoms with E-state index in [0.717, 1.165) is 5.01 Å². The summed E-state index contributed by atoms with van der Waals surface area (Å²) in [5.41, 5.74) is 5.37. The largest absolute Gasteiger partial charge is 0.412 e. The molecule has 0 radical (unpaired) electrons. The van der Waals surface area contributed by atoms with Crippen LogP contribution in [0.5, 0.6) is 0 Å². The minimum Gasteiger partial charge on any atom is -0.412 e. The van der Waals surface area contributed by atoms with Crippen LogP contribution in [0, 0.1) is 0 Å². The summed E-state index contributed by atoms with van der Waals surface area (Å²) in [7, 11) is -1.99. The van der Waals surface area contributed by atoms with Crippen LogP contribution in [0.15, 0.2) is 24.3 Å². The number of nitrogens with one attached hydrogen (secondary N) is 1. The van der Waals surface area contributed by atoms with Crippen LogP contribution in [0.4, 0.5) is 0 Å². The Morgan fingerprint density at radius 2 is 1.31 bits per heavy atom. The number of hydrazine groups is 1. The van der Waals surface area contributed by atoms with Crippen LogP contribution in [-0.4, -0.2) is 37.8 Å². The third-order valence-corrected chi connectivity index (χ3v) is 11.7. The highest BCUT2D eigenvalue weighted by molar-refractivity contribution is 6.77. The fourth-order valence-electron chi connectivity index (χ4n) is 4.35. The highest BCUT2D eigenvalue weighted by Gasteiger charge is 2.46. The maximum absolute atomic E-state index is 12.4. The lowest BCUT2D eigenvalue weighted by atomic mass is 10.1. The molecule has 2 amide bonds. The zero-order valence-corrected chi connectivity index (χ0v) is 18.0. The van der Waals surface area contributed by atoms with E-state index in [1.54, 1.807) is 24.3 Å². The first-order valence-electron chi connectivity index (χ1n) is 9.52. The molecule has 0 aromatic heterocycles. The van der Waals surface area contributed by atoms with Crippen LogP contribution in [0.3, 0.4) is 0 Å². The molecule has 144 valence electrons. The molecule has 0 fully saturated rings. The van der Waals surface area contributed by atoms with E-state index >= 15 is 0 Å². The van der Waals surface area contributed by atoms with Gasteiger partial charge in [0.05, 0.1) is 17.2 Å². The predicted molar refractivity (Wildman–Crippen MR) is 107 cm³/mol. The number of imide groups is 1. The van der Waals surface area contributed by atoms with Crippen molar-refractivity contribution in [2.24, 2.45) is 0 Å². The number of benzene rings is 1. The molecule has 0 spiro atoms. The van der Waals surface area contributed by atoms with E-state index < -0.39 is 8.32 Å². The first kappa shape index (κ1) is 20.8. The second-order valence-corrected chi connectivity index (χ2v) is 13.5. The maximum atomic E-state index is 12.4. The highest BCUT2D eigenvalue weighted by atomic mass is 28.4. The summed E-state index contributed by atoms with van der Waals surface area (Å²) < 4.78 is 6.66. The molecule has 6 heteroatoms. The molecule has 0 saturated carbocycles. The Hall–Kier alpha value is -1.50. The number of hydrogen-bond acceptors (Lipinski definition) is 4. The van der Waals surface area contributed by atoms with Crippen molar-refractivity contribution >= 4 is 20.1 Å². The first-order chi connectivity index (χ1) is 12.1. The summed E-state index contributed by atoms with van der Waals surface area (Å²) in [6.07, 6.45) is -0.0850. The second-order valence-electron chi connectivity index (χ2n) is 8.10. The van der Waals surface area contributed by atoms with Gasteiger partial charge >= 0.3 is 0 Å². The minimum absolute atomic E-state index is 0.0850. The summed E-state index contributed by atoms with van der Waals surface area (Å²) >= 11 is 0. The molecular weight excluding hydrogens is 344 g/mol.